The Hall–Kier alpha value is -1.92. The van der Waals surface area contributed by atoms with Crippen LogP contribution in [0.5, 0.6) is 0 Å². The molecule has 0 saturated heterocycles. The van der Waals surface area contributed by atoms with Crippen molar-refractivity contribution in [2.45, 2.75) is 6.04 Å². The summed E-state index contributed by atoms with van der Waals surface area (Å²) in [7, 11) is 0. The Balaban J connectivity index is 2.17. The van der Waals surface area contributed by atoms with Gasteiger partial charge in [-0.15, -0.1) is 0 Å². The maximum Gasteiger partial charge on any atom is 0.243 e. The molecule has 16 heavy (non-hydrogen) atoms. The number of amides is 1. The van der Waals surface area contributed by atoms with Gasteiger partial charge in [-0.25, -0.2) is 0 Å². The molecular weight excluding hydrogens is 208 g/mol. The average molecular weight is 220 g/mol. The molecule has 1 aromatic heterocycles. The highest BCUT2D eigenvalue weighted by Gasteiger charge is 2.11. The van der Waals surface area contributed by atoms with Gasteiger partial charge in [0.2, 0.25) is 5.91 Å². The summed E-state index contributed by atoms with van der Waals surface area (Å²) >= 11 is 0. The number of carbonyl (C=O) groups excluding carboxylic acids is 1. The van der Waals surface area contributed by atoms with Gasteiger partial charge in [0, 0.05) is 11.1 Å². The molecule has 2 rings (SSSR count). The third-order valence-corrected chi connectivity index (χ3v) is 2.24. The van der Waals surface area contributed by atoms with E-state index in [-0.39, 0.29) is 6.61 Å². The number of carbonyl (C=O) groups is 1. The summed E-state index contributed by atoms with van der Waals surface area (Å²) in [6.45, 7) is -0.375. The van der Waals surface area contributed by atoms with Crippen molar-refractivity contribution < 1.29 is 9.90 Å². The lowest BCUT2D eigenvalue weighted by molar-refractivity contribution is -0.118. The number of benzene rings is 1. The lowest BCUT2D eigenvalue weighted by atomic mass is 10.2. The van der Waals surface area contributed by atoms with Gasteiger partial charge in [0.05, 0.1) is 18.3 Å². The molecule has 0 saturated carbocycles. The van der Waals surface area contributed by atoms with Crippen LogP contribution in [-0.4, -0.2) is 33.9 Å². The lowest BCUT2D eigenvalue weighted by Gasteiger charge is -2.09. The molecule has 1 unspecified atom stereocenters. The van der Waals surface area contributed by atoms with Crippen molar-refractivity contribution in [2.75, 3.05) is 11.9 Å². The minimum absolute atomic E-state index is 0.375. The van der Waals surface area contributed by atoms with Gasteiger partial charge in [-0.1, -0.05) is 0 Å². The molecule has 0 aliphatic heterocycles. The fourth-order valence-electron chi connectivity index (χ4n) is 1.34. The summed E-state index contributed by atoms with van der Waals surface area (Å²) in [6.07, 6.45) is 1.66. The monoisotopic (exact) mass is 220 g/mol. The maximum absolute atomic E-state index is 11.4. The number of fused-ring (bicyclic) bond motifs is 1. The number of aromatic nitrogens is 2. The summed E-state index contributed by atoms with van der Waals surface area (Å²) in [5, 5.41) is 18.9. The van der Waals surface area contributed by atoms with Crippen LogP contribution in [0.4, 0.5) is 5.69 Å². The van der Waals surface area contributed by atoms with E-state index in [0.717, 1.165) is 10.9 Å². The molecule has 6 heteroatoms. The van der Waals surface area contributed by atoms with Crippen molar-refractivity contribution in [1.29, 1.82) is 0 Å². The van der Waals surface area contributed by atoms with E-state index in [1.165, 1.54) is 0 Å². The third kappa shape index (κ3) is 2.02. The zero-order valence-electron chi connectivity index (χ0n) is 8.47. The molecule has 6 nitrogen and oxygen atoms in total. The van der Waals surface area contributed by atoms with Crippen molar-refractivity contribution in [2.24, 2.45) is 5.73 Å². The summed E-state index contributed by atoms with van der Waals surface area (Å²) in [5.41, 5.74) is 6.90. The number of aliphatic hydroxyl groups excluding tert-OH is 1. The van der Waals surface area contributed by atoms with E-state index in [2.05, 4.69) is 15.5 Å². The normalized spacial score (nSPS) is 12.6. The molecule has 0 fully saturated rings. The van der Waals surface area contributed by atoms with Crippen LogP contribution in [0.2, 0.25) is 0 Å². The highest BCUT2D eigenvalue weighted by Crippen LogP contribution is 2.16. The first kappa shape index (κ1) is 10.6. The summed E-state index contributed by atoms with van der Waals surface area (Å²) in [4.78, 5) is 11.4. The first-order chi connectivity index (χ1) is 7.70. The number of aromatic amines is 1. The molecule has 0 aliphatic carbocycles. The van der Waals surface area contributed by atoms with E-state index >= 15 is 0 Å². The number of nitrogens with zero attached hydrogens (tertiary/aromatic N) is 1. The van der Waals surface area contributed by atoms with E-state index in [1.54, 1.807) is 18.3 Å². The van der Waals surface area contributed by atoms with E-state index in [4.69, 9.17) is 10.8 Å². The lowest BCUT2D eigenvalue weighted by Crippen LogP contribution is -2.38. The minimum atomic E-state index is -0.903. The number of nitrogens with two attached hydrogens (primary N) is 1. The van der Waals surface area contributed by atoms with Crippen LogP contribution in [-0.2, 0) is 4.79 Å². The highest BCUT2D eigenvalue weighted by atomic mass is 16.3. The first-order valence-corrected chi connectivity index (χ1v) is 4.81. The van der Waals surface area contributed by atoms with Gasteiger partial charge in [0.1, 0.15) is 6.04 Å². The van der Waals surface area contributed by atoms with Gasteiger partial charge in [0.25, 0.3) is 0 Å². The summed E-state index contributed by atoms with van der Waals surface area (Å²) in [5.74, 6) is -0.412. The molecular formula is C10H12N4O2. The Morgan fingerprint density at radius 1 is 1.62 bits per heavy atom. The highest BCUT2D eigenvalue weighted by molar-refractivity contribution is 5.96. The maximum atomic E-state index is 11.4. The van der Waals surface area contributed by atoms with Crippen LogP contribution in [0.3, 0.4) is 0 Å². The van der Waals surface area contributed by atoms with Crippen molar-refractivity contribution >= 4 is 22.5 Å². The van der Waals surface area contributed by atoms with Gasteiger partial charge in [-0.3, -0.25) is 9.89 Å². The third-order valence-electron chi connectivity index (χ3n) is 2.24. The molecule has 0 bridgehead atoms. The molecule has 1 atom stereocenters. The molecule has 0 radical (unpaired) electrons. The molecule has 1 amide bonds. The van der Waals surface area contributed by atoms with E-state index in [0.29, 0.717) is 5.69 Å². The SMILES string of the molecule is NC(CO)C(=O)Nc1ccc2[nH]ncc2c1. The number of hydrogen-bond donors (Lipinski definition) is 4. The Morgan fingerprint density at radius 3 is 3.19 bits per heavy atom. The van der Waals surface area contributed by atoms with Gasteiger partial charge in [-0.2, -0.15) is 5.10 Å². The second kappa shape index (κ2) is 4.30. The fourth-order valence-corrected chi connectivity index (χ4v) is 1.34. The average Bonchev–Trinajstić information content (AvgIpc) is 2.75. The summed E-state index contributed by atoms with van der Waals surface area (Å²) in [6, 6.07) is 4.42. The molecule has 2 aromatic rings. The molecule has 0 aliphatic rings. The van der Waals surface area contributed by atoms with Crippen molar-refractivity contribution in [3.63, 3.8) is 0 Å². The molecule has 1 heterocycles. The second-order valence-corrected chi connectivity index (χ2v) is 3.45. The Morgan fingerprint density at radius 2 is 2.44 bits per heavy atom. The van der Waals surface area contributed by atoms with Crippen LogP contribution >= 0.6 is 0 Å². The Kier molecular flexibility index (Phi) is 2.84. The topological polar surface area (TPSA) is 104 Å². The number of nitrogens with one attached hydrogen (secondary N) is 2. The number of H-pyrrole nitrogens is 1. The van der Waals surface area contributed by atoms with E-state index in [1.807, 2.05) is 6.07 Å². The largest absolute Gasteiger partial charge is 0.394 e. The van der Waals surface area contributed by atoms with Gasteiger partial charge in [0.15, 0.2) is 0 Å². The fraction of sp³-hybridized carbons (Fsp3) is 0.200. The first-order valence-electron chi connectivity index (χ1n) is 4.81. The predicted octanol–water partition coefficient (Wildman–Crippen LogP) is -0.179. The molecule has 84 valence electrons. The number of anilines is 1. The number of hydrogen-bond acceptors (Lipinski definition) is 4. The van der Waals surface area contributed by atoms with Crippen LogP contribution in [0.1, 0.15) is 0 Å². The van der Waals surface area contributed by atoms with E-state index < -0.39 is 11.9 Å². The minimum Gasteiger partial charge on any atom is -0.394 e. The van der Waals surface area contributed by atoms with Crippen LogP contribution in [0.25, 0.3) is 10.9 Å². The Labute approximate surface area is 91.5 Å². The zero-order valence-corrected chi connectivity index (χ0v) is 8.47. The summed E-state index contributed by atoms with van der Waals surface area (Å²) < 4.78 is 0. The van der Waals surface area contributed by atoms with Crippen LogP contribution in [0, 0.1) is 0 Å². The van der Waals surface area contributed by atoms with Gasteiger partial charge >= 0.3 is 0 Å². The standard InChI is InChI=1S/C10H12N4O2/c11-8(5-15)10(16)13-7-1-2-9-6(3-7)4-12-14-9/h1-4,8,15H,5,11H2,(H,12,14)(H,13,16). The quantitative estimate of drug-likeness (QED) is 0.576. The molecule has 1 aromatic carbocycles. The van der Waals surface area contributed by atoms with Gasteiger partial charge in [-0.05, 0) is 18.2 Å². The van der Waals surface area contributed by atoms with Gasteiger partial charge < -0.3 is 16.2 Å². The number of aliphatic hydroxyl groups is 1. The number of rotatable bonds is 3. The van der Waals surface area contributed by atoms with Crippen molar-refractivity contribution in [1.82, 2.24) is 10.2 Å². The van der Waals surface area contributed by atoms with Crippen molar-refractivity contribution in [3.8, 4) is 0 Å². The molecule has 0 spiro atoms. The predicted molar refractivity (Wildman–Crippen MR) is 59.8 cm³/mol. The van der Waals surface area contributed by atoms with Crippen molar-refractivity contribution in [3.05, 3.63) is 24.4 Å². The van der Waals surface area contributed by atoms with E-state index in [9.17, 15) is 4.79 Å². The van der Waals surface area contributed by atoms with Crippen LogP contribution < -0.4 is 11.1 Å². The molecule has 5 N–H and O–H groups in total. The second-order valence-electron chi connectivity index (χ2n) is 3.45. The smallest absolute Gasteiger partial charge is 0.243 e. The zero-order chi connectivity index (χ0) is 11.5. The van der Waals surface area contributed by atoms with Crippen LogP contribution in [0.15, 0.2) is 24.4 Å². The Bertz CT molecular complexity index is 508.